The maximum absolute atomic E-state index is 13.3. The SMILES string of the molecule is CC[C@H](C)NC(=O)c1cccc(Nc2ncc(-c3cccc(F)c3)cn2)c1. The van der Waals surface area contributed by atoms with Crippen LogP contribution in [0.15, 0.2) is 60.9 Å². The first-order chi connectivity index (χ1) is 13.0. The van der Waals surface area contributed by atoms with Crippen LogP contribution in [-0.2, 0) is 0 Å². The third kappa shape index (κ3) is 4.88. The molecule has 2 aromatic carbocycles. The summed E-state index contributed by atoms with van der Waals surface area (Å²) in [7, 11) is 0. The van der Waals surface area contributed by atoms with Crippen molar-refractivity contribution >= 4 is 17.5 Å². The molecule has 1 aromatic heterocycles. The van der Waals surface area contributed by atoms with Crippen molar-refractivity contribution in [3.8, 4) is 11.1 Å². The minimum Gasteiger partial charge on any atom is -0.350 e. The number of carbonyl (C=O) groups excluding carboxylic acids is 1. The standard InChI is InChI=1S/C21H21FN4O/c1-3-14(2)25-20(27)16-7-5-9-19(11-16)26-21-23-12-17(13-24-21)15-6-4-8-18(22)10-15/h4-14H,3H2,1-2H3,(H,25,27)(H,23,24,26)/t14-/m0/s1. The summed E-state index contributed by atoms with van der Waals surface area (Å²) in [5.74, 6) is -0.0211. The summed E-state index contributed by atoms with van der Waals surface area (Å²) in [5, 5.41) is 6.02. The molecule has 3 aromatic rings. The topological polar surface area (TPSA) is 66.9 Å². The Balaban J connectivity index is 1.72. The monoisotopic (exact) mass is 364 g/mol. The quantitative estimate of drug-likeness (QED) is 0.673. The number of hydrogen-bond acceptors (Lipinski definition) is 4. The first-order valence-corrected chi connectivity index (χ1v) is 8.81. The van der Waals surface area contributed by atoms with Gasteiger partial charge in [0.05, 0.1) is 0 Å². The molecule has 2 N–H and O–H groups in total. The van der Waals surface area contributed by atoms with Gasteiger partial charge in [0.25, 0.3) is 5.91 Å². The summed E-state index contributed by atoms with van der Waals surface area (Å²) in [5.41, 5.74) is 2.72. The van der Waals surface area contributed by atoms with Crippen molar-refractivity contribution in [2.24, 2.45) is 0 Å². The maximum atomic E-state index is 13.3. The zero-order valence-corrected chi connectivity index (χ0v) is 15.2. The van der Waals surface area contributed by atoms with Gasteiger partial charge in [0, 0.05) is 35.2 Å². The van der Waals surface area contributed by atoms with Crippen molar-refractivity contribution in [1.29, 1.82) is 0 Å². The van der Waals surface area contributed by atoms with Crippen LogP contribution in [0.4, 0.5) is 16.0 Å². The highest BCUT2D eigenvalue weighted by Gasteiger charge is 2.09. The zero-order chi connectivity index (χ0) is 19.2. The normalized spacial score (nSPS) is 11.7. The van der Waals surface area contributed by atoms with Crippen LogP contribution >= 0.6 is 0 Å². The van der Waals surface area contributed by atoms with Crippen LogP contribution in [0.5, 0.6) is 0 Å². The van der Waals surface area contributed by atoms with Crippen molar-refractivity contribution in [2.45, 2.75) is 26.3 Å². The van der Waals surface area contributed by atoms with Crippen LogP contribution in [0.1, 0.15) is 30.6 Å². The van der Waals surface area contributed by atoms with Gasteiger partial charge in [0.1, 0.15) is 5.82 Å². The zero-order valence-electron chi connectivity index (χ0n) is 15.2. The fourth-order valence-electron chi connectivity index (χ4n) is 2.49. The lowest BCUT2D eigenvalue weighted by molar-refractivity contribution is 0.0939. The number of nitrogens with zero attached hydrogens (tertiary/aromatic N) is 2. The molecule has 138 valence electrons. The van der Waals surface area contributed by atoms with Gasteiger partial charge in [-0.3, -0.25) is 4.79 Å². The van der Waals surface area contributed by atoms with Gasteiger partial charge in [-0.2, -0.15) is 0 Å². The molecule has 3 rings (SSSR count). The van der Waals surface area contributed by atoms with Gasteiger partial charge in [-0.05, 0) is 49.2 Å². The third-order valence-corrected chi connectivity index (χ3v) is 4.18. The Morgan fingerprint density at radius 3 is 2.52 bits per heavy atom. The minimum atomic E-state index is -0.304. The molecule has 0 fully saturated rings. The van der Waals surface area contributed by atoms with E-state index < -0.39 is 0 Å². The molecule has 0 aliphatic heterocycles. The predicted octanol–water partition coefficient (Wildman–Crippen LogP) is 4.55. The number of amides is 1. The number of anilines is 2. The van der Waals surface area contributed by atoms with E-state index in [1.807, 2.05) is 19.9 Å². The molecule has 1 amide bonds. The summed E-state index contributed by atoms with van der Waals surface area (Å²) < 4.78 is 13.3. The van der Waals surface area contributed by atoms with Crippen molar-refractivity contribution < 1.29 is 9.18 Å². The van der Waals surface area contributed by atoms with E-state index in [9.17, 15) is 9.18 Å². The summed E-state index contributed by atoms with van der Waals surface area (Å²) in [4.78, 5) is 20.8. The Morgan fingerprint density at radius 2 is 1.81 bits per heavy atom. The maximum Gasteiger partial charge on any atom is 0.251 e. The summed E-state index contributed by atoms with van der Waals surface area (Å²) in [6, 6.07) is 13.5. The van der Waals surface area contributed by atoms with Crippen LogP contribution in [0, 0.1) is 5.82 Å². The summed E-state index contributed by atoms with van der Waals surface area (Å²) in [6.45, 7) is 3.99. The number of benzene rings is 2. The van der Waals surface area contributed by atoms with E-state index in [4.69, 9.17) is 0 Å². The van der Waals surface area contributed by atoms with Crippen molar-refractivity contribution in [3.05, 3.63) is 72.3 Å². The molecule has 0 aliphatic carbocycles. The minimum absolute atomic E-state index is 0.115. The van der Waals surface area contributed by atoms with E-state index in [1.165, 1.54) is 12.1 Å². The third-order valence-electron chi connectivity index (χ3n) is 4.18. The van der Waals surface area contributed by atoms with Crippen molar-refractivity contribution in [2.75, 3.05) is 5.32 Å². The molecule has 0 radical (unpaired) electrons. The lowest BCUT2D eigenvalue weighted by atomic mass is 10.1. The molecule has 5 nitrogen and oxygen atoms in total. The van der Waals surface area contributed by atoms with Gasteiger partial charge >= 0.3 is 0 Å². The average molecular weight is 364 g/mol. The molecule has 1 heterocycles. The molecule has 0 saturated carbocycles. The van der Waals surface area contributed by atoms with Gasteiger partial charge in [0.2, 0.25) is 5.95 Å². The number of halogens is 1. The average Bonchev–Trinajstić information content (AvgIpc) is 2.68. The van der Waals surface area contributed by atoms with Crippen molar-refractivity contribution in [1.82, 2.24) is 15.3 Å². The predicted molar refractivity (Wildman–Crippen MR) is 104 cm³/mol. The van der Waals surface area contributed by atoms with Crippen LogP contribution in [0.2, 0.25) is 0 Å². The lowest BCUT2D eigenvalue weighted by Gasteiger charge is -2.12. The van der Waals surface area contributed by atoms with E-state index in [0.717, 1.165) is 12.0 Å². The second-order valence-electron chi connectivity index (χ2n) is 6.29. The number of rotatable bonds is 6. The van der Waals surface area contributed by atoms with Gasteiger partial charge in [-0.25, -0.2) is 14.4 Å². The molecule has 6 heteroatoms. The van der Waals surface area contributed by atoms with E-state index >= 15 is 0 Å². The van der Waals surface area contributed by atoms with Gasteiger partial charge < -0.3 is 10.6 Å². The van der Waals surface area contributed by atoms with E-state index in [1.54, 1.807) is 42.7 Å². The Bertz CT molecular complexity index is 927. The number of carbonyl (C=O) groups is 1. The largest absolute Gasteiger partial charge is 0.350 e. The van der Waals surface area contributed by atoms with Gasteiger partial charge in [-0.15, -0.1) is 0 Å². The first-order valence-electron chi connectivity index (χ1n) is 8.81. The second-order valence-corrected chi connectivity index (χ2v) is 6.29. The highest BCUT2D eigenvalue weighted by molar-refractivity contribution is 5.95. The van der Waals surface area contributed by atoms with Gasteiger partial charge in [-0.1, -0.05) is 25.1 Å². The Hall–Kier alpha value is -3.28. The smallest absolute Gasteiger partial charge is 0.251 e. The summed E-state index contributed by atoms with van der Waals surface area (Å²) in [6.07, 6.45) is 4.13. The molecule has 27 heavy (non-hydrogen) atoms. The van der Waals surface area contributed by atoms with Crippen LogP contribution in [0.3, 0.4) is 0 Å². The Morgan fingerprint density at radius 1 is 1.07 bits per heavy atom. The van der Waals surface area contributed by atoms with Crippen LogP contribution in [0.25, 0.3) is 11.1 Å². The van der Waals surface area contributed by atoms with E-state index in [2.05, 4.69) is 20.6 Å². The first kappa shape index (κ1) is 18.5. The molecular weight excluding hydrogens is 343 g/mol. The number of aromatic nitrogens is 2. The Labute approximate surface area is 157 Å². The number of nitrogens with one attached hydrogen (secondary N) is 2. The molecule has 0 saturated heterocycles. The summed E-state index contributed by atoms with van der Waals surface area (Å²) >= 11 is 0. The molecule has 0 bridgehead atoms. The molecule has 0 unspecified atom stereocenters. The van der Waals surface area contributed by atoms with E-state index in [-0.39, 0.29) is 17.8 Å². The van der Waals surface area contributed by atoms with Gasteiger partial charge in [0.15, 0.2) is 0 Å². The van der Waals surface area contributed by atoms with Crippen LogP contribution in [-0.4, -0.2) is 21.9 Å². The highest BCUT2D eigenvalue weighted by atomic mass is 19.1. The van der Waals surface area contributed by atoms with Crippen molar-refractivity contribution in [3.63, 3.8) is 0 Å². The number of hydrogen-bond donors (Lipinski definition) is 2. The second kappa shape index (κ2) is 8.40. The fourth-order valence-corrected chi connectivity index (χ4v) is 2.49. The highest BCUT2D eigenvalue weighted by Crippen LogP contribution is 2.20. The molecule has 1 atom stereocenters. The lowest BCUT2D eigenvalue weighted by Crippen LogP contribution is -2.31. The fraction of sp³-hybridized carbons (Fsp3) is 0.190. The Kier molecular flexibility index (Phi) is 5.76. The van der Waals surface area contributed by atoms with E-state index in [0.29, 0.717) is 22.8 Å². The molecular formula is C21H21FN4O. The molecule has 0 spiro atoms. The van der Waals surface area contributed by atoms with Crippen LogP contribution < -0.4 is 10.6 Å². The molecule has 0 aliphatic rings.